The van der Waals surface area contributed by atoms with E-state index in [4.69, 9.17) is 0 Å². The fourth-order valence-electron chi connectivity index (χ4n) is 2.64. The molecule has 1 aromatic heterocycles. The van der Waals surface area contributed by atoms with E-state index in [2.05, 4.69) is 25.3 Å². The highest BCUT2D eigenvalue weighted by molar-refractivity contribution is 5.89. The summed E-state index contributed by atoms with van der Waals surface area (Å²) in [6, 6.07) is 12.5. The fraction of sp³-hybridized carbons (Fsp3) is 0.143. The molecule has 1 heterocycles. The lowest BCUT2D eigenvalue weighted by Gasteiger charge is -2.11. The lowest BCUT2D eigenvalue weighted by molar-refractivity contribution is -0.274. The zero-order chi connectivity index (χ0) is 21.4. The fourth-order valence-corrected chi connectivity index (χ4v) is 2.64. The van der Waals surface area contributed by atoms with E-state index in [0.717, 1.165) is 35.4 Å². The first-order valence-electron chi connectivity index (χ1n) is 9.01. The van der Waals surface area contributed by atoms with Gasteiger partial charge in [-0.1, -0.05) is 42.5 Å². The number of urea groups is 1. The molecular formula is C21H19F3N4O2. The normalized spacial score (nSPS) is 11.4. The molecular weight excluding hydrogens is 397 g/mol. The summed E-state index contributed by atoms with van der Waals surface area (Å²) in [5.41, 5.74) is 3.34. The van der Waals surface area contributed by atoms with Crippen LogP contribution in [-0.4, -0.2) is 28.9 Å². The zero-order valence-corrected chi connectivity index (χ0v) is 15.7. The molecule has 6 nitrogen and oxygen atoms in total. The van der Waals surface area contributed by atoms with Crippen LogP contribution in [0.2, 0.25) is 0 Å². The van der Waals surface area contributed by atoms with Crippen LogP contribution < -0.4 is 15.4 Å². The van der Waals surface area contributed by atoms with Crippen molar-refractivity contribution in [2.75, 3.05) is 11.9 Å². The highest BCUT2D eigenvalue weighted by atomic mass is 19.4. The van der Waals surface area contributed by atoms with Crippen molar-refractivity contribution in [3.8, 4) is 5.75 Å². The molecule has 0 radical (unpaired) electrons. The number of hydrogen-bond acceptors (Lipinski definition) is 3. The predicted molar refractivity (Wildman–Crippen MR) is 107 cm³/mol. The average molecular weight is 416 g/mol. The molecule has 0 spiro atoms. The highest BCUT2D eigenvalue weighted by Gasteiger charge is 2.31. The molecule has 0 aliphatic rings. The molecule has 9 heteroatoms. The number of H-pyrrole nitrogens is 1. The Balaban J connectivity index is 1.44. The highest BCUT2D eigenvalue weighted by Crippen LogP contribution is 2.24. The first-order chi connectivity index (χ1) is 14.4. The Morgan fingerprint density at radius 1 is 1.17 bits per heavy atom. The number of imidazole rings is 1. The molecule has 0 unspecified atom stereocenters. The molecule has 0 saturated carbocycles. The van der Waals surface area contributed by atoms with Crippen LogP contribution in [0.1, 0.15) is 16.8 Å². The summed E-state index contributed by atoms with van der Waals surface area (Å²) >= 11 is 0. The van der Waals surface area contributed by atoms with Crippen molar-refractivity contribution in [1.29, 1.82) is 0 Å². The summed E-state index contributed by atoms with van der Waals surface area (Å²) in [6.45, 7) is 0.250. The first kappa shape index (κ1) is 21.0. The number of aromatic amines is 1. The SMILES string of the molecule is O=C(NC/C=C/c1ccc(Cc2cnc[nH]2)cc1)Nc1cccc(OC(F)(F)F)c1. The Bertz CT molecular complexity index is 984. The van der Waals surface area contributed by atoms with Crippen molar-refractivity contribution in [2.24, 2.45) is 0 Å². The number of nitrogens with one attached hydrogen (secondary N) is 3. The number of hydrogen-bond donors (Lipinski definition) is 3. The van der Waals surface area contributed by atoms with Gasteiger partial charge >= 0.3 is 12.4 Å². The van der Waals surface area contributed by atoms with Crippen molar-refractivity contribution < 1.29 is 22.7 Å². The van der Waals surface area contributed by atoms with Crippen LogP contribution >= 0.6 is 0 Å². The van der Waals surface area contributed by atoms with Gasteiger partial charge in [0.1, 0.15) is 5.75 Å². The first-order valence-corrected chi connectivity index (χ1v) is 9.01. The number of carbonyl (C=O) groups is 1. The second kappa shape index (κ2) is 9.64. The average Bonchev–Trinajstić information content (AvgIpc) is 3.18. The Morgan fingerprint density at radius 2 is 1.97 bits per heavy atom. The minimum absolute atomic E-state index is 0.186. The molecule has 3 rings (SSSR count). The number of carbonyl (C=O) groups excluding carboxylic acids is 1. The summed E-state index contributed by atoms with van der Waals surface area (Å²) in [7, 11) is 0. The number of rotatable bonds is 7. The molecule has 30 heavy (non-hydrogen) atoms. The Kier molecular flexibility index (Phi) is 6.74. The van der Waals surface area contributed by atoms with Gasteiger partial charge in [-0.15, -0.1) is 13.2 Å². The molecule has 0 aliphatic heterocycles. The van der Waals surface area contributed by atoms with E-state index >= 15 is 0 Å². The van der Waals surface area contributed by atoms with Gasteiger partial charge < -0.3 is 20.4 Å². The van der Waals surface area contributed by atoms with Gasteiger partial charge in [-0.2, -0.15) is 0 Å². The molecule has 0 fully saturated rings. The Morgan fingerprint density at radius 3 is 2.67 bits per heavy atom. The largest absolute Gasteiger partial charge is 0.573 e. The second-order valence-corrected chi connectivity index (χ2v) is 6.31. The number of halogens is 3. The Hall–Kier alpha value is -3.75. The van der Waals surface area contributed by atoms with E-state index in [0.29, 0.717) is 0 Å². The summed E-state index contributed by atoms with van der Waals surface area (Å²) in [5.74, 6) is -0.406. The maximum absolute atomic E-state index is 12.3. The van der Waals surface area contributed by atoms with Gasteiger partial charge in [0.05, 0.1) is 6.33 Å². The van der Waals surface area contributed by atoms with Crippen LogP contribution in [0.3, 0.4) is 0 Å². The third-order valence-corrected chi connectivity index (χ3v) is 3.95. The quantitative estimate of drug-likeness (QED) is 0.521. The maximum Gasteiger partial charge on any atom is 0.573 e. The van der Waals surface area contributed by atoms with E-state index < -0.39 is 18.1 Å². The second-order valence-electron chi connectivity index (χ2n) is 6.31. The number of ether oxygens (including phenoxy) is 1. The lowest BCUT2D eigenvalue weighted by atomic mass is 10.1. The summed E-state index contributed by atoms with van der Waals surface area (Å²) in [4.78, 5) is 18.9. The summed E-state index contributed by atoms with van der Waals surface area (Å²) in [6.07, 6.45) is 3.03. The van der Waals surface area contributed by atoms with E-state index in [9.17, 15) is 18.0 Å². The monoisotopic (exact) mass is 416 g/mol. The number of benzene rings is 2. The zero-order valence-electron chi connectivity index (χ0n) is 15.7. The molecule has 156 valence electrons. The van der Waals surface area contributed by atoms with Gasteiger partial charge in [-0.25, -0.2) is 9.78 Å². The number of nitrogens with zero attached hydrogens (tertiary/aromatic N) is 1. The summed E-state index contributed by atoms with van der Waals surface area (Å²) < 4.78 is 40.6. The molecule has 0 bridgehead atoms. The lowest BCUT2D eigenvalue weighted by Crippen LogP contribution is -2.28. The maximum atomic E-state index is 12.3. The number of alkyl halides is 3. The van der Waals surface area contributed by atoms with Gasteiger partial charge in [0.2, 0.25) is 0 Å². The van der Waals surface area contributed by atoms with E-state index in [1.807, 2.05) is 30.3 Å². The van der Waals surface area contributed by atoms with Crippen LogP contribution in [0, 0.1) is 0 Å². The summed E-state index contributed by atoms with van der Waals surface area (Å²) in [5, 5.41) is 5.06. The number of anilines is 1. The van der Waals surface area contributed by atoms with Crippen molar-refractivity contribution in [3.63, 3.8) is 0 Å². The molecule has 2 amide bonds. The van der Waals surface area contributed by atoms with Crippen LogP contribution in [0.25, 0.3) is 6.08 Å². The number of aromatic nitrogens is 2. The third-order valence-electron chi connectivity index (χ3n) is 3.95. The van der Waals surface area contributed by atoms with E-state index in [1.165, 1.54) is 12.1 Å². The van der Waals surface area contributed by atoms with Crippen LogP contribution in [0.15, 0.2) is 67.1 Å². The van der Waals surface area contributed by atoms with Crippen LogP contribution in [-0.2, 0) is 6.42 Å². The minimum atomic E-state index is -4.79. The van der Waals surface area contributed by atoms with E-state index in [-0.39, 0.29) is 12.2 Å². The van der Waals surface area contributed by atoms with Crippen LogP contribution in [0.4, 0.5) is 23.7 Å². The molecule has 0 saturated heterocycles. The third kappa shape index (κ3) is 7.01. The molecule has 3 aromatic rings. The standard InChI is InChI=1S/C21H19F3N4O2/c22-21(23,24)30-19-5-1-4-17(12-19)28-20(29)26-10-2-3-15-6-8-16(9-7-15)11-18-13-25-14-27-18/h1-9,12-14H,10-11H2,(H,25,27)(H2,26,28,29)/b3-2+. The van der Waals surface area contributed by atoms with Crippen molar-refractivity contribution in [2.45, 2.75) is 12.8 Å². The van der Waals surface area contributed by atoms with Gasteiger partial charge in [-0.05, 0) is 23.3 Å². The molecule has 0 atom stereocenters. The molecule has 3 N–H and O–H groups in total. The van der Waals surface area contributed by atoms with Gasteiger partial charge in [0.15, 0.2) is 0 Å². The van der Waals surface area contributed by atoms with Crippen molar-refractivity contribution in [1.82, 2.24) is 15.3 Å². The van der Waals surface area contributed by atoms with Crippen molar-refractivity contribution in [3.05, 3.63) is 84.0 Å². The number of amides is 2. The predicted octanol–water partition coefficient (Wildman–Crippen LogP) is 4.73. The smallest absolute Gasteiger partial charge is 0.406 e. The Labute approximate surface area is 170 Å². The topological polar surface area (TPSA) is 79.0 Å². The molecule has 0 aliphatic carbocycles. The van der Waals surface area contributed by atoms with Crippen molar-refractivity contribution >= 4 is 17.8 Å². The van der Waals surface area contributed by atoms with Gasteiger partial charge in [0, 0.05) is 36.6 Å². The van der Waals surface area contributed by atoms with Crippen LogP contribution in [0.5, 0.6) is 5.75 Å². The minimum Gasteiger partial charge on any atom is -0.406 e. The van der Waals surface area contributed by atoms with Gasteiger partial charge in [-0.3, -0.25) is 0 Å². The van der Waals surface area contributed by atoms with Gasteiger partial charge in [0.25, 0.3) is 0 Å². The van der Waals surface area contributed by atoms with E-state index in [1.54, 1.807) is 18.6 Å². The molecule has 2 aromatic carbocycles.